The third-order valence-corrected chi connectivity index (χ3v) is 2.24. The lowest BCUT2D eigenvalue weighted by Gasteiger charge is -2.23. The zero-order chi connectivity index (χ0) is 9.97. The predicted molar refractivity (Wildman–Crippen MR) is 52.8 cm³/mol. The Labute approximate surface area is 83.3 Å². The topological polar surface area (TPSA) is 38.7 Å². The highest BCUT2D eigenvalue weighted by Gasteiger charge is 2.20. The molecule has 0 fully saturated rings. The van der Waals surface area contributed by atoms with E-state index in [-0.39, 0.29) is 6.10 Å². The van der Waals surface area contributed by atoms with Gasteiger partial charge in [0, 0.05) is 12.0 Å². The summed E-state index contributed by atoms with van der Waals surface area (Å²) in [5, 5.41) is 9.41. The zero-order valence-electron chi connectivity index (χ0n) is 8.19. The van der Waals surface area contributed by atoms with Gasteiger partial charge < -0.3 is 14.6 Å². The molecule has 1 aliphatic rings. The Bertz CT molecular complexity index is 308. The van der Waals surface area contributed by atoms with Crippen LogP contribution in [0.3, 0.4) is 0 Å². The van der Waals surface area contributed by atoms with E-state index < -0.39 is 0 Å². The lowest BCUT2D eigenvalue weighted by atomic mass is 10.0. The van der Waals surface area contributed by atoms with Crippen molar-refractivity contribution >= 4 is 0 Å². The monoisotopic (exact) mass is 194 g/mol. The second-order valence-electron chi connectivity index (χ2n) is 3.35. The van der Waals surface area contributed by atoms with Gasteiger partial charge in [0.25, 0.3) is 0 Å². The first-order chi connectivity index (χ1) is 6.81. The molecule has 0 aliphatic carbocycles. The molecule has 0 bridgehead atoms. The number of rotatable bonds is 2. The summed E-state index contributed by atoms with van der Waals surface area (Å²) in [6.07, 6.45) is 0.260. The van der Waals surface area contributed by atoms with E-state index in [9.17, 15) is 5.11 Å². The molecule has 1 N–H and O–H groups in total. The van der Waals surface area contributed by atoms with Crippen molar-refractivity contribution < 1.29 is 14.6 Å². The summed E-state index contributed by atoms with van der Waals surface area (Å²) < 4.78 is 10.9. The first kappa shape index (κ1) is 9.34. The molecule has 0 saturated carbocycles. The van der Waals surface area contributed by atoms with E-state index >= 15 is 0 Å². The van der Waals surface area contributed by atoms with Gasteiger partial charge >= 0.3 is 0 Å². The maximum atomic E-state index is 9.41. The Morgan fingerprint density at radius 1 is 1.57 bits per heavy atom. The van der Waals surface area contributed by atoms with Gasteiger partial charge in [0.1, 0.15) is 6.61 Å². The SMILES string of the molecule is CCOc1cccc2c1OCC(O)C2. The molecule has 2 rings (SSSR count). The lowest BCUT2D eigenvalue weighted by Crippen LogP contribution is -2.25. The summed E-state index contributed by atoms with van der Waals surface area (Å²) in [6, 6.07) is 5.77. The Hall–Kier alpha value is -1.22. The van der Waals surface area contributed by atoms with E-state index in [4.69, 9.17) is 9.47 Å². The number of hydrogen-bond donors (Lipinski definition) is 1. The quantitative estimate of drug-likeness (QED) is 0.773. The van der Waals surface area contributed by atoms with Crippen molar-refractivity contribution in [2.24, 2.45) is 0 Å². The fourth-order valence-corrected chi connectivity index (χ4v) is 1.65. The minimum Gasteiger partial charge on any atom is -0.490 e. The van der Waals surface area contributed by atoms with Crippen LogP contribution >= 0.6 is 0 Å². The fourth-order valence-electron chi connectivity index (χ4n) is 1.65. The van der Waals surface area contributed by atoms with E-state index in [1.165, 1.54) is 0 Å². The number of benzene rings is 1. The van der Waals surface area contributed by atoms with Crippen LogP contribution in [-0.4, -0.2) is 24.4 Å². The highest BCUT2D eigenvalue weighted by molar-refractivity contribution is 5.47. The number of aliphatic hydroxyl groups is 1. The summed E-state index contributed by atoms with van der Waals surface area (Å²) in [4.78, 5) is 0. The van der Waals surface area contributed by atoms with Crippen molar-refractivity contribution in [3.8, 4) is 11.5 Å². The molecule has 14 heavy (non-hydrogen) atoms. The number of para-hydroxylation sites is 1. The fraction of sp³-hybridized carbons (Fsp3) is 0.455. The van der Waals surface area contributed by atoms with Crippen molar-refractivity contribution in [3.63, 3.8) is 0 Å². The number of fused-ring (bicyclic) bond motifs is 1. The minimum absolute atomic E-state index is 0.358. The maximum Gasteiger partial charge on any atom is 0.164 e. The van der Waals surface area contributed by atoms with Gasteiger partial charge in [0.15, 0.2) is 11.5 Å². The molecule has 0 spiro atoms. The first-order valence-corrected chi connectivity index (χ1v) is 4.86. The molecule has 1 unspecified atom stereocenters. The van der Waals surface area contributed by atoms with E-state index in [0.717, 1.165) is 17.1 Å². The second-order valence-corrected chi connectivity index (χ2v) is 3.35. The normalized spacial score (nSPS) is 19.7. The maximum absolute atomic E-state index is 9.41. The van der Waals surface area contributed by atoms with Crippen LogP contribution in [0.1, 0.15) is 12.5 Å². The molecule has 0 radical (unpaired) electrons. The van der Waals surface area contributed by atoms with Gasteiger partial charge in [0.05, 0.1) is 12.7 Å². The smallest absolute Gasteiger partial charge is 0.164 e. The van der Waals surface area contributed by atoms with E-state index in [1.807, 2.05) is 25.1 Å². The molecule has 1 aromatic rings. The predicted octanol–water partition coefficient (Wildman–Crippen LogP) is 1.38. The third kappa shape index (κ3) is 1.68. The van der Waals surface area contributed by atoms with Crippen molar-refractivity contribution in [2.75, 3.05) is 13.2 Å². The molecule has 76 valence electrons. The summed E-state index contributed by atoms with van der Waals surface area (Å²) in [5.41, 5.74) is 1.02. The molecule has 1 aliphatic heterocycles. The lowest BCUT2D eigenvalue weighted by molar-refractivity contribution is 0.0893. The van der Waals surface area contributed by atoms with Gasteiger partial charge in [0.2, 0.25) is 0 Å². The number of ether oxygens (including phenoxy) is 2. The van der Waals surface area contributed by atoms with E-state index in [2.05, 4.69) is 0 Å². The molecule has 1 heterocycles. The van der Waals surface area contributed by atoms with E-state index in [1.54, 1.807) is 0 Å². The second kappa shape index (κ2) is 3.88. The molecule has 3 nitrogen and oxygen atoms in total. The van der Waals surface area contributed by atoms with Crippen molar-refractivity contribution in [3.05, 3.63) is 23.8 Å². The zero-order valence-corrected chi connectivity index (χ0v) is 8.19. The standard InChI is InChI=1S/C11H14O3/c1-2-13-10-5-3-4-8-6-9(12)7-14-11(8)10/h3-5,9,12H,2,6-7H2,1H3. The van der Waals surface area contributed by atoms with Crippen LogP contribution in [0.25, 0.3) is 0 Å². The van der Waals surface area contributed by atoms with Gasteiger partial charge in [-0.1, -0.05) is 12.1 Å². The number of aliphatic hydroxyl groups excluding tert-OH is 1. The molecule has 0 saturated heterocycles. The summed E-state index contributed by atoms with van der Waals surface area (Å²) >= 11 is 0. The van der Waals surface area contributed by atoms with Gasteiger partial charge in [-0.15, -0.1) is 0 Å². The van der Waals surface area contributed by atoms with Crippen molar-refractivity contribution in [1.82, 2.24) is 0 Å². The van der Waals surface area contributed by atoms with Crippen LogP contribution in [0.15, 0.2) is 18.2 Å². The molecular formula is C11H14O3. The highest BCUT2D eigenvalue weighted by atomic mass is 16.5. The minimum atomic E-state index is -0.389. The summed E-state index contributed by atoms with van der Waals surface area (Å²) in [7, 11) is 0. The van der Waals surface area contributed by atoms with Crippen molar-refractivity contribution in [1.29, 1.82) is 0 Å². The van der Waals surface area contributed by atoms with Crippen molar-refractivity contribution in [2.45, 2.75) is 19.4 Å². The summed E-state index contributed by atoms with van der Waals surface area (Å²) in [5.74, 6) is 1.57. The molecule has 3 heteroatoms. The first-order valence-electron chi connectivity index (χ1n) is 4.86. The molecular weight excluding hydrogens is 180 g/mol. The average molecular weight is 194 g/mol. The average Bonchev–Trinajstić information content (AvgIpc) is 2.18. The molecule has 1 aromatic carbocycles. The van der Waals surface area contributed by atoms with Crippen LogP contribution in [-0.2, 0) is 6.42 Å². The van der Waals surface area contributed by atoms with Crippen LogP contribution in [0, 0.1) is 0 Å². The third-order valence-electron chi connectivity index (χ3n) is 2.24. The van der Waals surface area contributed by atoms with E-state index in [0.29, 0.717) is 19.6 Å². The van der Waals surface area contributed by atoms with Crippen LogP contribution in [0.2, 0.25) is 0 Å². The van der Waals surface area contributed by atoms with Gasteiger partial charge in [-0.05, 0) is 13.0 Å². The van der Waals surface area contributed by atoms with Crippen LogP contribution in [0.4, 0.5) is 0 Å². The van der Waals surface area contributed by atoms with Crippen LogP contribution < -0.4 is 9.47 Å². The Balaban J connectivity index is 2.31. The molecule has 1 atom stereocenters. The Morgan fingerprint density at radius 2 is 2.43 bits per heavy atom. The molecule has 0 amide bonds. The van der Waals surface area contributed by atoms with Gasteiger partial charge in [-0.25, -0.2) is 0 Å². The van der Waals surface area contributed by atoms with Crippen LogP contribution in [0.5, 0.6) is 11.5 Å². The number of hydrogen-bond acceptors (Lipinski definition) is 3. The van der Waals surface area contributed by atoms with Gasteiger partial charge in [-0.2, -0.15) is 0 Å². The molecule has 0 aromatic heterocycles. The largest absolute Gasteiger partial charge is 0.490 e. The summed E-state index contributed by atoms with van der Waals surface area (Å²) in [6.45, 7) is 2.93. The van der Waals surface area contributed by atoms with Gasteiger partial charge in [-0.3, -0.25) is 0 Å². The highest BCUT2D eigenvalue weighted by Crippen LogP contribution is 2.34. The Morgan fingerprint density at radius 3 is 3.21 bits per heavy atom. The Kier molecular flexibility index (Phi) is 2.59.